The van der Waals surface area contributed by atoms with E-state index in [0.29, 0.717) is 6.04 Å². The number of hydrogen-bond acceptors (Lipinski definition) is 2. The van der Waals surface area contributed by atoms with Crippen LogP contribution in [-0.4, -0.2) is 6.04 Å². The van der Waals surface area contributed by atoms with Crippen LogP contribution < -0.4 is 5.32 Å². The summed E-state index contributed by atoms with van der Waals surface area (Å²) in [4.78, 5) is 0. The van der Waals surface area contributed by atoms with E-state index in [-0.39, 0.29) is 0 Å². The van der Waals surface area contributed by atoms with Crippen molar-refractivity contribution in [1.29, 1.82) is 0 Å². The topological polar surface area (TPSA) is 12.0 Å². The van der Waals surface area contributed by atoms with Crippen molar-refractivity contribution >= 4 is 27.1 Å². The lowest BCUT2D eigenvalue weighted by Gasteiger charge is -2.20. The Morgan fingerprint density at radius 1 is 1.29 bits per heavy atom. The number of thiophene rings is 1. The Balaban J connectivity index is 1.79. The van der Waals surface area contributed by atoms with Crippen LogP contribution >= 0.6 is 11.3 Å². The molecule has 0 amide bonds. The van der Waals surface area contributed by atoms with Gasteiger partial charge < -0.3 is 5.32 Å². The van der Waals surface area contributed by atoms with Gasteiger partial charge >= 0.3 is 0 Å². The van der Waals surface area contributed by atoms with Gasteiger partial charge in [-0.2, -0.15) is 0 Å². The largest absolute Gasteiger partial charge is 0.382 e. The Hall–Kier alpha value is -1.02. The molecule has 1 aliphatic carbocycles. The van der Waals surface area contributed by atoms with E-state index in [1.807, 2.05) is 11.3 Å². The minimum atomic E-state index is 0.691. The zero-order chi connectivity index (χ0) is 11.7. The molecule has 0 bridgehead atoms. The van der Waals surface area contributed by atoms with E-state index in [1.165, 1.54) is 41.5 Å². The van der Waals surface area contributed by atoms with E-state index < -0.39 is 0 Å². The molecule has 1 aromatic heterocycles. The molecule has 3 rings (SSSR count). The smallest absolute Gasteiger partial charge is 0.0349 e. The van der Waals surface area contributed by atoms with Crippen LogP contribution in [0.2, 0.25) is 0 Å². The summed E-state index contributed by atoms with van der Waals surface area (Å²) in [6.45, 7) is 2.31. The molecule has 1 N–H and O–H groups in total. The molecule has 0 saturated heterocycles. The SMILES string of the molecule is CCC1CCCC1Nc1ccc2sccc2c1. The maximum absolute atomic E-state index is 3.73. The van der Waals surface area contributed by atoms with Crippen LogP contribution in [0, 0.1) is 5.92 Å². The van der Waals surface area contributed by atoms with Crippen LogP contribution in [0.15, 0.2) is 29.6 Å². The van der Waals surface area contributed by atoms with E-state index in [4.69, 9.17) is 0 Å². The Kier molecular flexibility index (Phi) is 3.06. The maximum Gasteiger partial charge on any atom is 0.0349 e. The maximum atomic E-state index is 3.73. The van der Waals surface area contributed by atoms with E-state index in [9.17, 15) is 0 Å². The molecular weight excluding hydrogens is 226 g/mol. The Bertz CT molecular complexity index is 502. The van der Waals surface area contributed by atoms with Crippen molar-refractivity contribution in [2.45, 2.75) is 38.6 Å². The highest BCUT2D eigenvalue weighted by Gasteiger charge is 2.25. The van der Waals surface area contributed by atoms with Gasteiger partial charge in [0.15, 0.2) is 0 Å². The Morgan fingerprint density at radius 3 is 3.12 bits per heavy atom. The first-order valence-electron chi connectivity index (χ1n) is 6.60. The standard InChI is InChI=1S/C15H19NS/c1-2-11-4-3-5-14(11)16-13-6-7-15-12(10-13)8-9-17-15/h6-11,14,16H,2-5H2,1H3. The predicted molar refractivity (Wildman–Crippen MR) is 76.9 cm³/mol. The fourth-order valence-electron chi connectivity index (χ4n) is 2.99. The van der Waals surface area contributed by atoms with Gasteiger partial charge in [-0.25, -0.2) is 0 Å². The van der Waals surface area contributed by atoms with Crippen LogP contribution in [0.25, 0.3) is 10.1 Å². The van der Waals surface area contributed by atoms with Crippen LogP contribution in [0.1, 0.15) is 32.6 Å². The quantitative estimate of drug-likeness (QED) is 0.811. The summed E-state index contributed by atoms with van der Waals surface area (Å²) in [5, 5.41) is 7.26. The third-order valence-corrected chi connectivity index (χ3v) is 4.89. The van der Waals surface area contributed by atoms with Crippen LogP contribution in [0.3, 0.4) is 0 Å². The first-order chi connectivity index (χ1) is 8.36. The van der Waals surface area contributed by atoms with Gasteiger partial charge in [0, 0.05) is 16.4 Å². The molecule has 1 saturated carbocycles. The summed E-state index contributed by atoms with van der Waals surface area (Å²) < 4.78 is 1.38. The lowest BCUT2D eigenvalue weighted by atomic mass is 10.0. The van der Waals surface area contributed by atoms with Gasteiger partial charge in [0.2, 0.25) is 0 Å². The predicted octanol–water partition coefficient (Wildman–Crippen LogP) is 4.89. The fraction of sp³-hybridized carbons (Fsp3) is 0.467. The van der Waals surface area contributed by atoms with Crippen LogP contribution in [0.5, 0.6) is 0 Å². The highest BCUT2D eigenvalue weighted by molar-refractivity contribution is 7.17. The lowest BCUT2D eigenvalue weighted by Crippen LogP contribution is -2.23. The van der Waals surface area contributed by atoms with Gasteiger partial charge in [-0.3, -0.25) is 0 Å². The molecule has 2 aromatic rings. The van der Waals surface area contributed by atoms with E-state index in [1.54, 1.807) is 0 Å². The van der Waals surface area contributed by atoms with Gasteiger partial charge in [-0.1, -0.05) is 19.8 Å². The first-order valence-corrected chi connectivity index (χ1v) is 7.48. The van der Waals surface area contributed by atoms with E-state index in [2.05, 4.69) is 41.9 Å². The fourth-order valence-corrected chi connectivity index (χ4v) is 3.76. The first kappa shape index (κ1) is 11.1. The second-order valence-electron chi connectivity index (χ2n) is 5.02. The van der Waals surface area contributed by atoms with E-state index >= 15 is 0 Å². The van der Waals surface area contributed by atoms with Gasteiger partial charge in [-0.05, 0) is 53.8 Å². The van der Waals surface area contributed by atoms with Gasteiger partial charge in [0.05, 0.1) is 0 Å². The summed E-state index contributed by atoms with van der Waals surface area (Å²) >= 11 is 1.82. The molecular formula is C15H19NS. The third-order valence-electron chi connectivity index (χ3n) is 3.99. The average molecular weight is 245 g/mol. The minimum Gasteiger partial charge on any atom is -0.382 e. The van der Waals surface area contributed by atoms with Crippen molar-refractivity contribution in [1.82, 2.24) is 0 Å². The number of rotatable bonds is 3. The Labute approximate surface area is 107 Å². The summed E-state index contributed by atoms with van der Waals surface area (Å²) in [5.41, 5.74) is 1.29. The molecule has 1 aliphatic rings. The van der Waals surface area contributed by atoms with Gasteiger partial charge in [-0.15, -0.1) is 11.3 Å². The molecule has 1 aromatic carbocycles. The van der Waals surface area contributed by atoms with Crippen molar-refractivity contribution < 1.29 is 0 Å². The molecule has 0 radical (unpaired) electrons. The lowest BCUT2D eigenvalue weighted by molar-refractivity contribution is 0.489. The van der Waals surface area contributed by atoms with Gasteiger partial charge in [0.25, 0.3) is 0 Å². The second-order valence-corrected chi connectivity index (χ2v) is 5.97. The van der Waals surface area contributed by atoms with Crippen LogP contribution in [0.4, 0.5) is 5.69 Å². The van der Waals surface area contributed by atoms with Gasteiger partial charge in [0.1, 0.15) is 0 Å². The van der Waals surface area contributed by atoms with Crippen molar-refractivity contribution in [3.05, 3.63) is 29.6 Å². The third kappa shape index (κ3) is 2.19. The highest BCUT2D eigenvalue weighted by Crippen LogP contribution is 2.32. The van der Waals surface area contributed by atoms with Crippen molar-refractivity contribution in [3.8, 4) is 0 Å². The average Bonchev–Trinajstić information content (AvgIpc) is 2.96. The number of benzene rings is 1. The molecule has 1 heterocycles. The minimum absolute atomic E-state index is 0.691. The number of nitrogens with one attached hydrogen (secondary N) is 1. The zero-order valence-electron chi connectivity index (χ0n) is 10.3. The molecule has 1 fully saturated rings. The second kappa shape index (κ2) is 4.69. The summed E-state index contributed by atoms with van der Waals surface area (Å²) in [6.07, 6.45) is 5.42. The molecule has 17 heavy (non-hydrogen) atoms. The molecule has 2 atom stereocenters. The monoisotopic (exact) mass is 245 g/mol. The molecule has 90 valence electrons. The Morgan fingerprint density at radius 2 is 2.24 bits per heavy atom. The summed E-state index contributed by atoms with van der Waals surface area (Å²) in [7, 11) is 0. The summed E-state index contributed by atoms with van der Waals surface area (Å²) in [6, 6.07) is 9.65. The van der Waals surface area contributed by atoms with E-state index in [0.717, 1.165) is 5.92 Å². The number of anilines is 1. The van der Waals surface area contributed by atoms with Crippen molar-refractivity contribution in [2.75, 3.05) is 5.32 Å². The van der Waals surface area contributed by atoms with Crippen molar-refractivity contribution in [3.63, 3.8) is 0 Å². The normalized spacial score (nSPS) is 24.3. The molecule has 0 spiro atoms. The zero-order valence-corrected chi connectivity index (χ0v) is 11.1. The highest BCUT2D eigenvalue weighted by atomic mass is 32.1. The molecule has 2 unspecified atom stereocenters. The molecule has 2 heteroatoms. The number of hydrogen-bond donors (Lipinski definition) is 1. The number of fused-ring (bicyclic) bond motifs is 1. The van der Waals surface area contributed by atoms with Crippen molar-refractivity contribution in [2.24, 2.45) is 5.92 Å². The van der Waals surface area contributed by atoms with Crippen LogP contribution in [-0.2, 0) is 0 Å². The molecule has 1 nitrogen and oxygen atoms in total. The molecule has 0 aliphatic heterocycles. The summed E-state index contributed by atoms with van der Waals surface area (Å²) in [5.74, 6) is 0.869.